The van der Waals surface area contributed by atoms with Crippen molar-refractivity contribution in [3.63, 3.8) is 0 Å². The van der Waals surface area contributed by atoms with E-state index in [0.717, 1.165) is 0 Å². The van der Waals surface area contributed by atoms with Gasteiger partial charge in [0, 0.05) is 9.79 Å². The second kappa shape index (κ2) is 2.21. The average molecular weight is 168 g/mol. The zero-order valence-electron chi connectivity index (χ0n) is 5.97. The predicted octanol–water partition coefficient (Wildman–Crippen LogP) is 3.42. The summed E-state index contributed by atoms with van der Waals surface area (Å²) < 4.78 is 0. The van der Waals surface area contributed by atoms with E-state index in [4.69, 9.17) is 0 Å². The van der Waals surface area contributed by atoms with Crippen LogP contribution in [0, 0.1) is 13.8 Å². The van der Waals surface area contributed by atoms with Crippen molar-refractivity contribution in [1.29, 1.82) is 0 Å². The molecule has 0 saturated carbocycles. The van der Waals surface area contributed by atoms with E-state index in [1.165, 1.54) is 20.9 Å². The molecule has 0 amide bonds. The summed E-state index contributed by atoms with van der Waals surface area (Å²) in [6.07, 6.45) is 0. The summed E-state index contributed by atoms with van der Waals surface area (Å²) >= 11 is 0. The Morgan fingerprint density at radius 3 is 2.60 bits per heavy atom. The van der Waals surface area contributed by atoms with Crippen LogP contribution in [-0.2, 0) is 0 Å². The van der Waals surface area contributed by atoms with Crippen LogP contribution in [0.15, 0.2) is 21.9 Å². The fourth-order valence-corrected chi connectivity index (χ4v) is 3.97. The van der Waals surface area contributed by atoms with E-state index in [9.17, 15) is 0 Å². The highest BCUT2D eigenvalue weighted by atomic mass is 33.1. The van der Waals surface area contributed by atoms with Gasteiger partial charge in [0.15, 0.2) is 0 Å². The van der Waals surface area contributed by atoms with E-state index in [1.54, 1.807) is 0 Å². The van der Waals surface area contributed by atoms with Crippen molar-refractivity contribution < 1.29 is 0 Å². The van der Waals surface area contributed by atoms with E-state index < -0.39 is 0 Å². The predicted molar refractivity (Wildman–Crippen MR) is 47.6 cm³/mol. The molecule has 0 unspecified atom stereocenters. The highest BCUT2D eigenvalue weighted by Gasteiger charge is 2.15. The molecular formula is C8H8S2. The van der Waals surface area contributed by atoms with Crippen LogP contribution >= 0.6 is 21.6 Å². The van der Waals surface area contributed by atoms with Crippen molar-refractivity contribution in [2.75, 3.05) is 0 Å². The third-order valence-corrected chi connectivity index (χ3v) is 4.56. The molecule has 0 aliphatic carbocycles. The Hall–Kier alpha value is -0.0800. The number of fused-ring (bicyclic) bond motifs is 2. The van der Waals surface area contributed by atoms with Gasteiger partial charge in [-0.2, -0.15) is 0 Å². The molecule has 0 N–H and O–H groups in total. The molecule has 1 heterocycles. The largest absolute Gasteiger partial charge is 0.0570 e. The van der Waals surface area contributed by atoms with Gasteiger partial charge in [-0.25, -0.2) is 0 Å². The fourth-order valence-electron chi connectivity index (χ4n) is 1.11. The molecule has 10 heavy (non-hydrogen) atoms. The highest BCUT2D eigenvalue weighted by molar-refractivity contribution is 8.77. The van der Waals surface area contributed by atoms with Crippen LogP contribution in [0.1, 0.15) is 11.1 Å². The molecule has 0 nitrogen and oxygen atoms in total. The zero-order valence-corrected chi connectivity index (χ0v) is 7.60. The van der Waals surface area contributed by atoms with Crippen molar-refractivity contribution in [3.05, 3.63) is 23.3 Å². The molecule has 1 aliphatic heterocycles. The second-order valence-corrected chi connectivity index (χ2v) is 4.68. The Bertz CT molecular complexity index is 279. The minimum Gasteiger partial charge on any atom is -0.0570 e. The second-order valence-electron chi connectivity index (χ2n) is 2.50. The number of hydrogen-bond donors (Lipinski definition) is 0. The Kier molecular flexibility index (Phi) is 1.46. The summed E-state index contributed by atoms with van der Waals surface area (Å²) in [5.74, 6) is 0. The number of benzene rings is 1. The molecule has 2 bridgehead atoms. The lowest BCUT2D eigenvalue weighted by atomic mass is 10.1. The molecule has 0 radical (unpaired) electrons. The van der Waals surface area contributed by atoms with Gasteiger partial charge in [0.25, 0.3) is 0 Å². The van der Waals surface area contributed by atoms with Crippen LogP contribution < -0.4 is 0 Å². The first-order valence-corrected chi connectivity index (χ1v) is 5.39. The fraction of sp³-hybridized carbons (Fsp3) is 0.250. The van der Waals surface area contributed by atoms with Crippen LogP contribution in [0.3, 0.4) is 0 Å². The standard InChI is InChI=1S/C8H8S2/c1-5-3-4-7-6(2)8(5)10-9-7/h3-4H,1-2H3. The summed E-state index contributed by atoms with van der Waals surface area (Å²) in [7, 11) is 3.77. The van der Waals surface area contributed by atoms with Crippen LogP contribution in [0.5, 0.6) is 0 Å². The third-order valence-electron chi connectivity index (χ3n) is 1.77. The SMILES string of the molecule is Cc1ccc2c(C)c1SS2. The van der Waals surface area contributed by atoms with Crippen LogP contribution in [0.25, 0.3) is 0 Å². The van der Waals surface area contributed by atoms with E-state index in [-0.39, 0.29) is 0 Å². The Labute approximate surface area is 68.8 Å². The molecule has 2 heteroatoms. The maximum absolute atomic E-state index is 2.21. The summed E-state index contributed by atoms with van der Waals surface area (Å²) in [5.41, 5.74) is 2.88. The van der Waals surface area contributed by atoms with Crippen molar-refractivity contribution in [3.8, 4) is 0 Å². The summed E-state index contributed by atoms with van der Waals surface area (Å²) in [5, 5.41) is 0. The first kappa shape index (κ1) is 6.62. The molecule has 1 aliphatic rings. The first-order chi connectivity index (χ1) is 4.79. The third kappa shape index (κ3) is 0.789. The molecule has 1 aromatic rings. The van der Waals surface area contributed by atoms with Crippen LogP contribution in [0.4, 0.5) is 0 Å². The zero-order chi connectivity index (χ0) is 7.14. The smallest absolute Gasteiger partial charge is 0.0256 e. The van der Waals surface area contributed by atoms with Crippen molar-refractivity contribution in [1.82, 2.24) is 0 Å². The Balaban J connectivity index is 2.73. The van der Waals surface area contributed by atoms with Gasteiger partial charge >= 0.3 is 0 Å². The topological polar surface area (TPSA) is 0 Å². The molecule has 2 rings (SSSR count). The van der Waals surface area contributed by atoms with Crippen LogP contribution in [0.2, 0.25) is 0 Å². The van der Waals surface area contributed by atoms with Crippen molar-refractivity contribution in [2.45, 2.75) is 23.6 Å². The molecule has 0 atom stereocenters. The minimum absolute atomic E-state index is 1.41. The Morgan fingerprint density at radius 2 is 1.90 bits per heavy atom. The van der Waals surface area contributed by atoms with Gasteiger partial charge in [0.2, 0.25) is 0 Å². The maximum atomic E-state index is 2.21. The minimum atomic E-state index is 1.41. The van der Waals surface area contributed by atoms with Crippen LogP contribution in [-0.4, -0.2) is 0 Å². The summed E-state index contributed by atoms with van der Waals surface area (Å²) in [6.45, 7) is 4.37. The molecule has 0 spiro atoms. The lowest BCUT2D eigenvalue weighted by Gasteiger charge is -1.97. The van der Waals surface area contributed by atoms with Gasteiger partial charge < -0.3 is 0 Å². The summed E-state index contributed by atoms with van der Waals surface area (Å²) in [4.78, 5) is 2.91. The first-order valence-electron chi connectivity index (χ1n) is 3.24. The van der Waals surface area contributed by atoms with Crippen molar-refractivity contribution >= 4 is 21.6 Å². The average Bonchev–Trinajstić information content (AvgIpc) is 2.13. The maximum Gasteiger partial charge on any atom is 0.0256 e. The molecular weight excluding hydrogens is 160 g/mol. The van der Waals surface area contributed by atoms with E-state index in [1.807, 2.05) is 21.6 Å². The normalized spacial score (nSPS) is 14.2. The molecule has 0 saturated heterocycles. The quantitative estimate of drug-likeness (QED) is 0.544. The monoisotopic (exact) mass is 168 g/mol. The van der Waals surface area contributed by atoms with E-state index >= 15 is 0 Å². The van der Waals surface area contributed by atoms with Gasteiger partial charge in [0.05, 0.1) is 0 Å². The van der Waals surface area contributed by atoms with Gasteiger partial charge in [-0.15, -0.1) is 0 Å². The van der Waals surface area contributed by atoms with Crippen molar-refractivity contribution in [2.24, 2.45) is 0 Å². The number of rotatable bonds is 0. The van der Waals surface area contributed by atoms with Gasteiger partial charge in [0.1, 0.15) is 0 Å². The molecule has 0 fully saturated rings. The van der Waals surface area contributed by atoms with E-state index in [0.29, 0.717) is 0 Å². The summed E-state index contributed by atoms with van der Waals surface area (Å²) in [6, 6.07) is 4.41. The highest BCUT2D eigenvalue weighted by Crippen LogP contribution is 2.50. The van der Waals surface area contributed by atoms with Gasteiger partial charge in [-0.3, -0.25) is 0 Å². The number of aryl methyl sites for hydroxylation is 1. The molecule has 0 aromatic heterocycles. The molecule has 52 valence electrons. The van der Waals surface area contributed by atoms with Gasteiger partial charge in [-0.05, 0) is 31.0 Å². The molecule has 1 aromatic carbocycles. The van der Waals surface area contributed by atoms with E-state index in [2.05, 4.69) is 26.0 Å². The lowest BCUT2D eigenvalue weighted by Crippen LogP contribution is -1.79. The lowest BCUT2D eigenvalue weighted by molar-refractivity contribution is 1.16. The Morgan fingerprint density at radius 1 is 1.10 bits per heavy atom. The number of hydrogen-bond acceptors (Lipinski definition) is 2. The van der Waals surface area contributed by atoms with Gasteiger partial charge in [-0.1, -0.05) is 27.7 Å².